The highest BCUT2D eigenvalue weighted by molar-refractivity contribution is 6.31. The smallest absolute Gasteiger partial charge is 0.255 e. The van der Waals surface area contributed by atoms with Crippen LogP contribution in [-0.2, 0) is 6.61 Å². The summed E-state index contributed by atoms with van der Waals surface area (Å²) in [5, 5.41) is 4.07. The van der Waals surface area contributed by atoms with Crippen LogP contribution in [0, 0.1) is 6.92 Å². The third kappa shape index (κ3) is 4.97. The molecule has 0 fully saturated rings. The van der Waals surface area contributed by atoms with Crippen LogP contribution in [0.3, 0.4) is 0 Å². The molecule has 0 spiro atoms. The van der Waals surface area contributed by atoms with Gasteiger partial charge in [-0.15, -0.1) is 0 Å². The van der Waals surface area contributed by atoms with Crippen molar-refractivity contribution in [1.82, 2.24) is 0 Å². The van der Waals surface area contributed by atoms with Crippen LogP contribution < -0.4 is 14.8 Å². The minimum absolute atomic E-state index is 0.242. The van der Waals surface area contributed by atoms with Gasteiger partial charge in [0.1, 0.15) is 18.1 Å². The van der Waals surface area contributed by atoms with E-state index in [2.05, 4.69) is 5.32 Å². The number of ether oxygens (including phenoxy) is 2. The van der Waals surface area contributed by atoms with Crippen molar-refractivity contribution in [2.75, 3.05) is 12.4 Å². The topological polar surface area (TPSA) is 47.6 Å². The maximum absolute atomic E-state index is 12.6. The summed E-state index contributed by atoms with van der Waals surface area (Å²) in [5.41, 5.74) is 2.81. The van der Waals surface area contributed by atoms with Gasteiger partial charge in [-0.3, -0.25) is 4.79 Å². The van der Waals surface area contributed by atoms with Gasteiger partial charge < -0.3 is 14.8 Å². The predicted octanol–water partition coefficient (Wildman–Crippen LogP) is 6.14. The summed E-state index contributed by atoms with van der Waals surface area (Å²) in [4.78, 5) is 12.6. The summed E-state index contributed by atoms with van der Waals surface area (Å²) in [6.45, 7) is 2.17. The van der Waals surface area contributed by atoms with Crippen LogP contribution in [-0.4, -0.2) is 13.0 Å². The first-order valence-corrected chi connectivity index (χ1v) is 9.34. The number of rotatable bonds is 6. The van der Waals surface area contributed by atoms with Gasteiger partial charge in [-0.25, -0.2) is 0 Å². The van der Waals surface area contributed by atoms with Crippen LogP contribution >= 0.6 is 23.2 Å². The lowest BCUT2D eigenvalue weighted by Crippen LogP contribution is -2.12. The first-order valence-electron chi connectivity index (χ1n) is 8.59. The Balaban J connectivity index is 1.77. The zero-order valence-corrected chi connectivity index (χ0v) is 17.0. The predicted molar refractivity (Wildman–Crippen MR) is 113 cm³/mol. The lowest BCUT2D eigenvalue weighted by molar-refractivity contribution is 0.102. The van der Waals surface area contributed by atoms with Crippen LogP contribution in [0.15, 0.2) is 60.7 Å². The fourth-order valence-electron chi connectivity index (χ4n) is 2.67. The van der Waals surface area contributed by atoms with Crippen molar-refractivity contribution in [3.8, 4) is 11.5 Å². The number of carbonyl (C=O) groups excluding carboxylic acids is 1. The van der Waals surface area contributed by atoms with E-state index in [9.17, 15) is 4.79 Å². The van der Waals surface area contributed by atoms with Crippen LogP contribution in [0.2, 0.25) is 10.0 Å². The van der Waals surface area contributed by atoms with Gasteiger partial charge in [-0.1, -0.05) is 29.3 Å². The van der Waals surface area contributed by atoms with Crippen molar-refractivity contribution >= 4 is 34.8 Å². The van der Waals surface area contributed by atoms with Crippen molar-refractivity contribution in [3.63, 3.8) is 0 Å². The van der Waals surface area contributed by atoms with Gasteiger partial charge in [-0.05, 0) is 67.1 Å². The lowest BCUT2D eigenvalue weighted by atomic mass is 10.1. The van der Waals surface area contributed by atoms with E-state index in [0.717, 1.165) is 11.1 Å². The number of methoxy groups -OCH3 is 1. The Labute approximate surface area is 174 Å². The number of anilines is 1. The first-order chi connectivity index (χ1) is 13.5. The Bertz CT molecular complexity index is 1000. The van der Waals surface area contributed by atoms with Crippen LogP contribution in [0.1, 0.15) is 21.5 Å². The Kier molecular flexibility index (Phi) is 6.45. The van der Waals surface area contributed by atoms with Crippen LogP contribution in [0.5, 0.6) is 11.5 Å². The van der Waals surface area contributed by atoms with Crippen molar-refractivity contribution in [2.24, 2.45) is 0 Å². The summed E-state index contributed by atoms with van der Waals surface area (Å²) >= 11 is 12.0. The van der Waals surface area contributed by atoms with Crippen molar-refractivity contribution in [2.45, 2.75) is 13.5 Å². The minimum Gasteiger partial charge on any atom is -0.496 e. The number of hydrogen-bond donors (Lipinski definition) is 1. The molecule has 6 heteroatoms. The molecule has 3 rings (SSSR count). The maximum atomic E-state index is 12.6. The number of carbonyl (C=O) groups is 1. The molecule has 0 bridgehead atoms. The first kappa shape index (κ1) is 20.1. The molecule has 3 aromatic rings. The van der Waals surface area contributed by atoms with Crippen molar-refractivity contribution in [1.29, 1.82) is 0 Å². The average Bonchev–Trinajstić information content (AvgIpc) is 2.68. The third-order valence-electron chi connectivity index (χ3n) is 4.15. The monoisotopic (exact) mass is 415 g/mol. The van der Waals surface area contributed by atoms with E-state index in [1.54, 1.807) is 61.7 Å². The minimum atomic E-state index is -0.242. The Morgan fingerprint density at radius 2 is 1.86 bits per heavy atom. The number of aryl methyl sites for hydroxylation is 1. The lowest BCUT2D eigenvalue weighted by Gasteiger charge is -2.13. The molecule has 0 aliphatic rings. The van der Waals surface area contributed by atoms with Crippen molar-refractivity contribution < 1.29 is 14.3 Å². The molecule has 0 radical (unpaired) electrons. The fraction of sp³-hybridized carbons (Fsp3) is 0.136. The largest absolute Gasteiger partial charge is 0.496 e. The summed E-state index contributed by atoms with van der Waals surface area (Å²) < 4.78 is 11.2. The molecule has 0 saturated carbocycles. The van der Waals surface area contributed by atoms with Gasteiger partial charge in [0.2, 0.25) is 0 Å². The molecule has 3 aromatic carbocycles. The molecule has 144 valence electrons. The Morgan fingerprint density at radius 1 is 1.04 bits per heavy atom. The van der Waals surface area contributed by atoms with E-state index in [-0.39, 0.29) is 12.5 Å². The second kappa shape index (κ2) is 9.00. The molecular formula is C22H19Cl2NO3. The Hall–Kier alpha value is -2.69. The highest BCUT2D eigenvalue weighted by atomic mass is 35.5. The number of hydrogen-bond acceptors (Lipinski definition) is 3. The standard InChI is InChI=1S/C22H19Cl2NO3/c1-14-10-19(7-8-20(14)24)28-13-16-11-15(6-9-21(16)27-2)22(26)25-18-5-3-4-17(23)12-18/h3-12H,13H2,1-2H3,(H,25,26). The molecule has 28 heavy (non-hydrogen) atoms. The van der Waals surface area contributed by atoms with E-state index in [0.29, 0.717) is 32.8 Å². The van der Waals surface area contributed by atoms with E-state index >= 15 is 0 Å². The number of nitrogens with one attached hydrogen (secondary N) is 1. The van der Waals surface area contributed by atoms with Crippen LogP contribution in [0.4, 0.5) is 5.69 Å². The van der Waals surface area contributed by atoms with Crippen molar-refractivity contribution in [3.05, 3.63) is 87.4 Å². The van der Waals surface area contributed by atoms with E-state index in [4.69, 9.17) is 32.7 Å². The molecule has 0 unspecified atom stereocenters. The number of benzene rings is 3. The molecule has 0 aromatic heterocycles. The van der Waals surface area contributed by atoms with Gasteiger partial charge in [0.05, 0.1) is 7.11 Å². The third-order valence-corrected chi connectivity index (χ3v) is 4.81. The quantitative estimate of drug-likeness (QED) is 0.525. The molecule has 1 N–H and O–H groups in total. The van der Waals surface area contributed by atoms with Crippen LogP contribution in [0.25, 0.3) is 0 Å². The zero-order valence-electron chi connectivity index (χ0n) is 15.5. The molecule has 0 aliphatic carbocycles. The van der Waals surface area contributed by atoms with Gasteiger partial charge in [0.25, 0.3) is 5.91 Å². The second-order valence-corrected chi connectivity index (χ2v) is 7.03. The molecule has 0 heterocycles. The number of halogens is 2. The SMILES string of the molecule is COc1ccc(C(=O)Nc2cccc(Cl)c2)cc1COc1ccc(Cl)c(C)c1. The summed E-state index contributed by atoms with van der Waals surface area (Å²) in [6, 6.07) is 17.7. The molecule has 0 saturated heterocycles. The molecule has 1 amide bonds. The van der Waals surface area contributed by atoms with Gasteiger partial charge >= 0.3 is 0 Å². The normalized spacial score (nSPS) is 10.4. The number of amides is 1. The molecule has 0 aliphatic heterocycles. The van der Waals surface area contributed by atoms with Gasteiger partial charge in [0, 0.05) is 26.9 Å². The second-order valence-electron chi connectivity index (χ2n) is 6.19. The molecule has 0 atom stereocenters. The van der Waals surface area contributed by atoms with E-state index in [1.165, 1.54) is 0 Å². The summed E-state index contributed by atoms with van der Waals surface area (Å²) in [6.07, 6.45) is 0. The molecule has 4 nitrogen and oxygen atoms in total. The van der Waals surface area contributed by atoms with E-state index in [1.807, 2.05) is 13.0 Å². The summed E-state index contributed by atoms with van der Waals surface area (Å²) in [7, 11) is 1.58. The molecular weight excluding hydrogens is 397 g/mol. The van der Waals surface area contributed by atoms with E-state index < -0.39 is 0 Å². The maximum Gasteiger partial charge on any atom is 0.255 e. The highest BCUT2D eigenvalue weighted by Crippen LogP contribution is 2.25. The van der Waals surface area contributed by atoms with Gasteiger partial charge in [-0.2, -0.15) is 0 Å². The fourth-order valence-corrected chi connectivity index (χ4v) is 2.98. The Morgan fingerprint density at radius 3 is 2.57 bits per heavy atom. The van der Waals surface area contributed by atoms with Gasteiger partial charge in [0.15, 0.2) is 0 Å². The zero-order chi connectivity index (χ0) is 20.1. The summed E-state index contributed by atoms with van der Waals surface area (Å²) in [5.74, 6) is 1.09. The average molecular weight is 416 g/mol. The highest BCUT2D eigenvalue weighted by Gasteiger charge is 2.12.